The van der Waals surface area contributed by atoms with Crippen molar-refractivity contribution in [3.8, 4) is 5.75 Å². The Morgan fingerprint density at radius 2 is 2.08 bits per heavy atom. The number of aliphatic carboxylic acids is 1. The van der Waals surface area contributed by atoms with Gasteiger partial charge in [0.2, 0.25) is 0 Å². The lowest BCUT2D eigenvalue weighted by atomic mass is 9.88. The molecule has 11 heteroatoms. The highest BCUT2D eigenvalue weighted by molar-refractivity contribution is 8.22. The van der Waals surface area contributed by atoms with Crippen LogP contribution in [-0.4, -0.2) is 57.1 Å². The predicted molar refractivity (Wildman–Crippen MR) is 145 cm³/mol. The molecular formula is C27H37N5O5S. The first-order chi connectivity index (χ1) is 18.2. The molecule has 1 aliphatic rings. The SMILES string of the molecule is CCCn1cc(CCC(CC(=O)O)c2ccc(C)c(CN3C[C@@H](CC)Oc4ccncc4S3(O)O)c2)nn1. The molecule has 0 amide bonds. The molecule has 1 aliphatic heterocycles. The largest absolute Gasteiger partial charge is 0.487 e. The summed E-state index contributed by atoms with van der Waals surface area (Å²) >= 11 is 0. The minimum atomic E-state index is -3.34. The van der Waals surface area contributed by atoms with E-state index in [2.05, 4.69) is 22.2 Å². The normalized spacial score (nSPS) is 18.7. The van der Waals surface area contributed by atoms with E-state index in [1.54, 1.807) is 16.6 Å². The van der Waals surface area contributed by atoms with Crippen molar-refractivity contribution in [2.24, 2.45) is 0 Å². The summed E-state index contributed by atoms with van der Waals surface area (Å²) < 4.78 is 32.2. The van der Waals surface area contributed by atoms with Gasteiger partial charge in [0.1, 0.15) is 16.7 Å². The number of rotatable bonds is 11. The molecule has 2 aromatic heterocycles. The number of ether oxygens (including phenoxy) is 1. The second kappa shape index (κ2) is 12.2. The molecule has 3 heterocycles. The van der Waals surface area contributed by atoms with Crippen LogP contribution in [0.5, 0.6) is 5.75 Å². The summed E-state index contributed by atoms with van der Waals surface area (Å²) in [4.78, 5) is 16.1. The van der Waals surface area contributed by atoms with Gasteiger partial charge in [-0.1, -0.05) is 37.3 Å². The zero-order valence-electron chi connectivity index (χ0n) is 22.2. The molecule has 0 bridgehead atoms. The molecule has 0 saturated heterocycles. The maximum atomic E-state index is 11.7. The molecule has 1 unspecified atom stereocenters. The van der Waals surface area contributed by atoms with Crippen molar-refractivity contribution in [3.05, 3.63) is 65.2 Å². The maximum absolute atomic E-state index is 11.7. The highest BCUT2D eigenvalue weighted by Crippen LogP contribution is 2.57. The molecule has 0 radical (unpaired) electrons. The summed E-state index contributed by atoms with van der Waals surface area (Å²) in [6.07, 6.45) is 7.65. The Morgan fingerprint density at radius 1 is 1.26 bits per heavy atom. The second-order valence-electron chi connectivity index (χ2n) is 9.80. The quantitative estimate of drug-likeness (QED) is 0.295. The Morgan fingerprint density at radius 3 is 2.82 bits per heavy atom. The van der Waals surface area contributed by atoms with Crippen molar-refractivity contribution < 1.29 is 23.7 Å². The van der Waals surface area contributed by atoms with Gasteiger partial charge in [0.25, 0.3) is 0 Å². The fraction of sp³-hybridized carbons (Fsp3) is 0.481. The van der Waals surface area contributed by atoms with Crippen LogP contribution in [0.25, 0.3) is 0 Å². The molecule has 2 atom stereocenters. The number of pyridine rings is 1. The monoisotopic (exact) mass is 543 g/mol. The van der Waals surface area contributed by atoms with E-state index in [0.29, 0.717) is 31.6 Å². The van der Waals surface area contributed by atoms with Crippen molar-refractivity contribution in [2.45, 2.75) is 82.9 Å². The Hall–Kier alpha value is -2.99. The summed E-state index contributed by atoms with van der Waals surface area (Å²) in [6.45, 7) is 7.47. The summed E-state index contributed by atoms with van der Waals surface area (Å²) in [5.74, 6) is -0.637. The Kier molecular flexibility index (Phi) is 9.03. The van der Waals surface area contributed by atoms with Crippen LogP contribution in [0.3, 0.4) is 0 Å². The fourth-order valence-corrected chi connectivity index (χ4v) is 6.30. The van der Waals surface area contributed by atoms with Gasteiger partial charge in [0.15, 0.2) is 0 Å². The third kappa shape index (κ3) is 6.52. The first-order valence-electron chi connectivity index (χ1n) is 13.1. The van der Waals surface area contributed by atoms with Crippen LogP contribution in [0.1, 0.15) is 67.8 Å². The van der Waals surface area contributed by atoms with Gasteiger partial charge in [-0.15, -0.1) is 15.9 Å². The van der Waals surface area contributed by atoms with Crippen LogP contribution < -0.4 is 4.74 Å². The average Bonchev–Trinajstić information content (AvgIpc) is 3.30. The number of benzene rings is 1. The maximum Gasteiger partial charge on any atom is 0.303 e. The van der Waals surface area contributed by atoms with Gasteiger partial charge in [-0.3, -0.25) is 23.6 Å². The number of nitrogens with zero attached hydrogens (tertiary/aromatic N) is 5. The van der Waals surface area contributed by atoms with E-state index in [4.69, 9.17) is 4.74 Å². The second-order valence-corrected chi connectivity index (χ2v) is 11.8. The fourth-order valence-electron chi connectivity index (χ4n) is 4.74. The molecular weight excluding hydrogens is 506 g/mol. The van der Waals surface area contributed by atoms with Gasteiger partial charge in [-0.2, -0.15) is 4.31 Å². The van der Waals surface area contributed by atoms with Gasteiger partial charge >= 0.3 is 5.97 Å². The third-order valence-electron chi connectivity index (χ3n) is 6.96. The van der Waals surface area contributed by atoms with Crippen molar-refractivity contribution in [2.75, 3.05) is 6.54 Å². The number of hydrogen-bond donors (Lipinski definition) is 3. The first-order valence-corrected chi connectivity index (χ1v) is 14.6. The number of hydrogen-bond acceptors (Lipinski definition) is 8. The number of fused-ring (bicyclic) bond motifs is 1. The molecule has 0 spiro atoms. The predicted octanol–water partition coefficient (Wildman–Crippen LogP) is 5.28. The topological polar surface area (TPSA) is 134 Å². The summed E-state index contributed by atoms with van der Waals surface area (Å²) in [5, 5.41) is 18.0. The van der Waals surface area contributed by atoms with Crippen molar-refractivity contribution >= 4 is 16.7 Å². The van der Waals surface area contributed by atoms with Crippen molar-refractivity contribution in [1.82, 2.24) is 24.3 Å². The lowest BCUT2D eigenvalue weighted by Crippen LogP contribution is -2.34. The van der Waals surface area contributed by atoms with Crippen LogP contribution in [0, 0.1) is 6.92 Å². The number of carboxylic acid groups (broad SMARTS) is 1. The van der Waals surface area contributed by atoms with Gasteiger partial charge in [0.05, 0.1) is 24.9 Å². The first kappa shape index (κ1) is 28.0. The van der Waals surface area contributed by atoms with E-state index in [9.17, 15) is 19.0 Å². The average molecular weight is 544 g/mol. The highest BCUT2D eigenvalue weighted by atomic mass is 32.3. The smallest absolute Gasteiger partial charge is 0.303 e. The molecule has 4 rings (SSSR count). The van der Waals surface area contributed by atoms with Gasteiger partial charge in [-0.05, 0) is 55.2 Å². The lowest BCUT2D eigenvalue weighted by Gasteiger charge is -2.41. The van der Waals surface area contributed by atoms with E-state index >= 15 is 0 Å². The summed E-state index contributed by atoms with van der Waals surface area (Å²) in [5.41, 5.74) is 3.65. The number of carboxylic acids is 1. The van der Waals surface area contributed by atoms with Crippen LogP contribution in [0.4, 0.5) is 0 Å². The third-order valence-corrected chi connectivity index (χ3v) is 8.85. The Bertz CT molecular complexity index is 1250. The molecule has 206 valence electrons. The molecule has 3 N–H and O–H groups in total. The molecule has 3 aromatic rings. The molecule has 10 nitrogen and oxygen atoms in total. The van der Waals surface area contributed by atoms with Crippen LogP contribution in [0.15, 0.2) is 47.8 Å². The molecule has 0 fully saturated rings. The van der Waals surface area contributed by atoms with Crippen LogP contribution in [-0.2, 0) is 24.3 Å². The van der Waals surface area contributed by atoms with Gasteiger partial charge in [-0.25, -0.2) is 0 Å². The highest BCUT2D eigenvalue weighted by Gasteiger charge is 2.35. The standard InChI is InChI=1S/C27H37N5O5S/c1-4-12-31-17-23(29-30-31)9-8-21(14-27(33)34)20-7-6-19(3)22(13-20)16-32-18-24(5-2)37-25-10-11-28-15-26(25)38(32,35)36/h6-7,10-11,13,15,17,21,24,35-36H,4-5,8-9,12,14,16,18H2,1-3H3,(H,33,34)/t21?,24-/m1/s1. The van der Waals surface area contributed by atoms with E-state index in [1.807, 2.05) is 42.9 Å². The zero-order valence-corrected chi connectivity index (χ0v) is 23.0. The Balaban J connectivity index is 1.58. The lowest BCUT2D eigenvalue weighted by molar-refractivity contribution is -0.137. The number of aromatic nitrogens is 4. The zero-order chi connectivity index (χ0) is 27.3. The van der Waals surface area contributed by atoms with Gasteiger partial charge < -0.3 is 9.84 Å². The molecule has 1 aromatic carbocycles. The number of aryl methyl sites for hydroxylation is 3. The van der Waals surface area contributed by atoms with Crippen molar-refractivity contribution in [3.63, 3.8) is 0 Å². The molecule has 0 aliphatic carbocycles. The summed E-state index contributed by atoms with van der Waals surface area (Å²) in [6, 6.07) is 7.62. The number of carbonyl (C=O) groups is 1. The molecule has 38 heavy (non-hydrogen) atoms. The minimum Gasteiger partial charge on any atom is -0.487 e. The van der Waals surface area contributed by atoms with E-state index < -0.39 is 16.7 Å². The van der Waals surface area contributed by atoms with Crippen LogP contribution in [0.2, 0.25) is 0 Å². The van der Waals surface area contributed by atoms with Gasteiger partial charge in [0, 0.05) is 31.5 Å². The summed E-state index contributed by atoms with van der Waals surface area (Å²) in [7, 11) is -3.34. The van der Waals surface area contributed by atoms with E-state index in [-0.39, 0.29) is 29.9 Å². The van der Waals surface area contributed by atoms with Crippen molar-refractivity contribution in [1.29, 1.82) is 0 Å². The van der Waals surface area contributed by atoms with Crippen LogP contribution >= 0.6 is 10.8 Å². The molecule has 0 saturated carbocycles. The van der Waals surface area contributed by atoms with E-state index in [0.717, 1.165) is 35.3 Å². The van der Waals surface area contributed by atoms with E-state index in [1.165, 1.54) is 6.20 Å². The minimum absolute atomic E-state index is 0.00467. The Labute approximate surface area is 225 Å².